The summed E-state index contributed by atoms with van der Waals surface area (Å²) in [6.45, 7) is 7.31. The van der Waals surface area contributed by atoms with E-state index in [2.05, 4.69) is 28.5 Å². The number of rotatable bonds is 11. The van der Waals surface area contributed by atoms with Gasteiger partial charge in [0.2, 0.25) is 5.91 Å². The molecule has 32 heavy (non-hydrogen) atoms. The van der Waals surface area contributed by atoms with Gasteiger partial charge in [0.05, 0.1) is 26.4 Å². The highest BCUT2D eigenvalue weighted by Gasteiger charge is 2.13. The summed E-state index contributed by atoms with van der Waals surface area (Å²) in [6, 6.07) is 15.1. The third kappa shape index (κ3) is 7.66. The number of ether oxygens (including phenoxy) is 2. The number of morpholine rings is 1. The van der Waals surface area contributed by atoms with Crippen molar-refractivity contribution in [1.82, 2.24) is 15.5 Å². The second kappa shape index (κ2) is 12.8. The van der Waals surface area contributed by atoms with Crippen LogP contribution >= 0.6 is 0 Å². The zero-order valence-corrected chi connectivity index (χ0v) is 18.8. The van der Waals surface area contributed by atoms with Crippen LogP contribution in [0.25, 0.3) is 0 Å². The van der Waals surface area contributed by atoms with Crippen LogP contribution in [0.4, 0.5) is 0 Å². The molecule has 1 aliphatic heterocycles. The van der Waals surface area contributed by atoms with E-state index in [4.69, 9.17) is 9.47 Å². The van der Waals surface area contributed by atoms with Crippen molar-refractivity contribution in [3.05, 3.63) is 65.2 Å². The van der Waals surface area contributed by atoms with Gasteiger partial charge in [0, 0.05) is 31.7 Å². The SMILES string of the molecule is CCCCOc1ccc(C(=O)NCC(=O)NCc2ccccc2CN2CCOCC2)cc1. The van der Waals surface area contributed by atoms with Gasteiger partial charge in [-0.25, -0.2) is 0 Å². The van der Waals surface area contributed by atoms with Crippen molar-refractivity contribution in [2.75, 3.05) is 39.5 Å². The molecule has 0 aromatic heterocycles. The highest BCUT2D eigenvalue weighted by Crippen LogP contribution is 2.14. The lowest BCUT2D eigenvalue weighted by Crippen LogP contribution is -2.37. The summed E-state index contributed by atoms with van der Waals surface area (Å²) in [4.78, 5) is 27.0. The number of unbranched alkanes of at least 4 members (excludes halogenated alkanes) is 1. The van der Waals surface area contributed by atoms with Crippen molar-refractivity contribution in [3.63, 3.8) is 0 Å². The van der Waals surface area contributed by atoms with E-state index < -0.39 is 0 Å². The van der Waals surface area contributed by atoms with Gasteiger partial charge in [0.1, 0.15) is 5.75 Å². The van der Waals surface area contributed by atoms with Crippen molar-refractivity contribution >= 4 is 11.8 Å². The van der Waals surface area contributed by atoms with Crippen LogP contribution in [0.15, 0.2) is 48.5 Å². The molecule has 0 spiro atoms. The lowest BCUT2D eigenvalue weighted by Gasteiger charge is -2.27. The van der Waals surface area contributed by atoms with Crippen molar-refractivity contribution in [2.45, 2.75) is 32.9 Å². The average molecular weight is 440 g/mol. The normalized spacial score (nSPS) is 14.0. The third-order valence-electron chi connectivity index (χ3n) is 5.38. The maximum absolute atomic E-state index is 12.3. The van der Waals surface area contributed by atoms with E-state index in [-0.39, 0.29) is 18.4 Å². The molecule has 0 atom stereocenters. The first-order valence-corrected chi connectivity index (χ1v) is 11.3. The Morgan fingerprint density at radius 3 is 2.44 bits per heavy atom. The first kappa shape index (κ1) is 23.8. The highest BCUT2D eigenvalue weighted by molar-refractivity contribution is 5.96. The molecule has 0 unspecified atom stereocenters. The first-order chi connectivity index (χ1) is 15.7. The van der Waals surface area contributed by atoms with Gasteiger partial charge in [-0.1, -0.05) is 37.6 Å². The van der Waals surface area contributed by atoms with Crippen LogP contribution in [0, 0.1) is 0 Å². The van der Waals surface area contributed by atoms with Gasteiger partial charge in [-0.15, -0.1) is 0 Å². The summed E-state index contributed by atoms with van der Waals surface area (Å²) in [5.74, 6) is 0.232. The number of carbonyl (C=O) groups is 2. The Kier molecular flexibility index (Phi) is 9.53. The smallest absolute Gasteiger partial charge is 0.251 e. The largest absolute Gasteiger partial charge is 0.494 e. The van der Waals surface area contributed by atoms with Gasteiger partial charge < -0.3 is 20.1 Å². The van der Waals surface area contributed by atoms with Crippen LogP contribution in [0.3, 0.4) is 0 Å². The molecule has 7 nitrogen and oxygen atoms in total. The number of nitrogens with zero attached hydrogens (tertiary/aromatic N) is 1. The van der Waals surface area contributed by atoms with E-state index in [0.717, 1.165) is 57.0 Å². The van der Waals surface area contributed by atoms with Crippen LogP contribution in [0.5, 0.6) is 5.75 Å². The van der Waals surface area contributed by atoms with Crippen LogP contribution in [0.1, 0.15) is 41.3 Å². The van der Waals surface area contributed by atoms with Gasteiger partial charge >= 0.3 is 0 Å². The Bertz CT molecular complexity index is 864. The predicted octanol–water partition coefficient (Wildman–Crippen LogP) is 2.74. The minimum absolute atomic E-state index is 0.0702. The fraction of sp³-hybridized carbons (Fsp3) is 0.440. The van der Waals surface area contributed by atoms with Crippen LogP contribution < -0.4 is 15.4 Å². The molecule has 1 aliphatic rings. The molecule has 7 heteroatoms. The number of benzene rings is 2. The third-order valence-corrected chi connectivity index (χ3v) is 5.38. The minimum atomic E-state index is -0.284. The van der Waals surface area contributed by atoms with Crippen molar-refractivity contribution in [3.8, 4) is 5.75 Å². The standard InChI is InChI=1S/C25H33N3O4/c1-2-3-14-32-23-10-8-20(9-11-23)25(30)27-18-24(29)26-17-21-6-4-5-7-22(21)19-28-12-15-31-16-13-28/h4-11H,2-3,12-19H2,1H3,(H,26,29)(H,27,30). The molecule has 0 aliphatic carbocycles. The first-order valence-electron chi connectivity index (χ1n) is 11.3. The molecule has 0 bridgehead atoms. The maximum atomic E-state index is 12.3. The predicted molar refractivity (Wildman–Crippen MR) is 124 cm³/mol. The lowest BCUT2D eigenvalue weighted by molar-refractivity contribution is -0.120. The maximum Gasteiger partial charge on any atom is 0.251 e. The summed E-state index contributed by atoms with van der Waals surface area (Å²) in [5.41, 5.74) is 2.77. The molecule has 3 rings (SSSR count). The van der Waals surface area contributed by atoms with Crippen molar-refractivity contribution in [1.29, 1.82) is 0 Å². The van der Waals surface area contributed by atoms with Gasteiger partial charge in [-0.3, -0.25) is 14.5 Å². The van der Waals surface area contributed by atoms with E-state index in [1.807, 2.05) is 18.2 Å². The highest BCUT2D eigenvalue weighted by atomic mass is 16.5. The number of amides is 2. The molecule has 0 radical (unpaired) electrons. The quantitative estimate of drug-likeness (QED) is 0.527. The molecule has 1 saturated heterocycles. The topological polar surface area (TPSA) is 79.9 Å². The van der Waals surface area contributed by atoms with E-state index in [1.54, 1.807) is 24.3 Å². The fourth-order valence-electron chi connectivity index (χ4n) is 3.44. The summed E-state index contributed by atoms with van der Waals surface area (Å²) in [7, 11) is 0. The Morgan fingerprint density at radius 2 is 1.72 bits per heavy atom. The summed E-state index contributed by atoms with van der Waals surface area (Å²) in [5, 5.41) is 5.58. The van der Waals surface area contributed by atoms with Crippen LogP contribution in [0.2, 0.25) is 0 Å². The van der Waals surface area contributed by atoms with Gasteiger partial charge in [0.15, 0.2) is 0 Å². The summed E-state index contributed by atoms with van der Waals surface area (Å²) >= 11 is 0. The molecule has 2 amide bonds. The number of hydrogen-bond donors (Lipinski definition) is 2. The van der Waals surface area contributed by atoms with E-state index in [0.29, 0.717) is 18.7 Å². The Labute approximate surface area is 190 Å². The van der Waals surface area contributed by atoms with E-state index >= 15 is 0 Å². The Hall–Kier alpha value is -2.90. The zero-order valence-electron chi connectivity index (χ0n) is 18.8. The lowest BCUT2D eigenvalue weighted by atomic mass is 10.1. The zero-order chi connectivity index (χ0) is 22.6. The average Bonchev–Trinajstić information content (AvgIpc) is 2.83. The molecule has 1 fully saturated rings. The van der Waals surface area contributed by atoms with E-state index in [1.165, 1.54) is 5.56 Å². The number of hydrogen-bond acceptors (Lipinski definition) is 5. The van der Waals surface area contributed by atoms with Gasteiger partial charge in [0.25, 0.3) is 5.91 Å². The van der Waals surface area contributed by atoms with Crippen LogP contribution in [-0.4, -0.2) is 56.2 Å². The van der Waals surface area contributed by atoms with E-state index in [9.17, 15) is 9.59 Å². The molecule has 2 aromatic rings. The summed E-state index contributed by atoms with van der Waals surface area (Å²) in [6.07, 6.45) is 2.07. The number of carbonyl (C=O) groups excluding carboxylic acids is 2. The molecular weight excluding hydrogens is 406 g/mol. The van der Waals surface area contributed by atoms with Crippen LogP contribution in [-0.2, 0) is 22.6 Å². The Balaban J connectivity index is 1.43. The molecule has 2 N–H and O–H groups in total. The summed E-state index contributed by atoms with van der Waals surface area (Å²) < 4.78 is 11.0. The Morgan fingerprint density at radius 1 is 1.00 bits per heavy atom. The second-order valence-corrected chi connectivity index (χ2v) is 7.84. The van der Waals surface area contributed by atoms with Gasteiger partial charge in [-0.2, -0.15) is 0 Å². The minimum Gasteiger partial charge on any atom is -0.494 e. The molecular formula is C25H33N3O4. The number of nitrogens with one attached hydrogen (secondary N) is 2. The molecule has 0 saturated carbocycles. The van der Waals surface area contributed by atoms with Gasteiger partial charge in [-0.05, 0) is 41.8 Å². The van der Waals surface area contributed by atoms with Crippen molar-refractivity contribution in [2.24, 2.45) is 0 Å². The molecule has 2 aromatic carbocycles. The monoisotopic (exact) mass is 439 g/mol. The fourth-order valence-corrected chi connectivity index (χ4v) is 3.44. The molecule has 1 heterocycles. The van der Waals surface area contributed by atoms with Crippen molar-refractivity contribution < 1.29 is 19.1 Å². The molecule has 172 valence electrons. The second-order valence-electron chi connectivity index (χ2n) is 7.84.